The lowest BCUT2D eigenvalue weighted by Crippen LogP contribution is -2.46. The van der Waals surface area contributed by atoms with Gasteiger partial charge in [-0.2, -0.15) is 0 Å². The topological polar surface area (TPSA) is 86.8 Å². The number of likely N-dealkylation sites (N-methyl/N-ethyl adjacent to an activating group) is 1. The van der Waals surface area contributed by atoms with Crippen LogP contribution in [0.3, 0.4) is 0 Å². The maximum Gasteiger partial charge on any atom is 0.412 e. The number of alkyl halides is 2. The molecule has 1 atom stereocenters. The highest BCUT2D eigenvalue weighted by Gasteiger charge is 2.37. The van der Waals surface area contributed by atoms with E-state index in [9.17, 15) is 27.2 Å². The van der Waals surface area contributed by atoms with E-state index < -0.39 is 35.7 Å². The van der Waals surface area contributed by atoms with Crippen molar-refractivity contribution in [2.75, 3.05) is 38.6 Å². The Morgan fingerprint density at radius 2 is 2.00 bits per heavy atom. The van der Waals surface area contributed by atoms with Gasteiger partial charge < -0.3 is 15.0 Å². The molecule has 3 aromatic rings. The number of urea groups is 1. The van der Waals surface area contributed by atoms with E-state index in [0.717, 1.165) is 0 Å². The number of rotatable bonds is 10. The van der Waals surface area contributed by atoms with Crippen LogP contribution < -0.4 is 10.6 Å². The lowest BCUT2D eigenvalue weighted by molar-refractivity contribution is 0.0119. The zero-order valence-electron chi connectivity index (χ0n) is 22.3. The summed E-state index contributed by atoms with van der Waals surface area (Å²) in [5.74, 6) is -3.60. The highest BCUT2D eigenvalue weighted by atomic mass is 35.5. The second kappa shape index (κ2) is 13.3. The fourth-order valence-corrected chi connectivity index (χ4v) is 4.77. The predicted molar refractivity (Wildman–Crippen MR) is 147 cm³/mol. The molecule has 1 aliphatic rings. The van der Waals surface area contributed by atoms with Gasteiger partial charge >= 0.3 is 12.1 Å². The maximum atomic E-state index is 13.8. The van der Waals surface area contributed by atoms with E-state index in [-0.39, 0.29) is 43.5 Å². The van der Waals surface area contributed by atoms with Gasteiger partial charge in [-0.25, -0.2) is 32.1 Å². The number of aromatic nitrogens is 1. The van der Waals surface area contributed by atoms with Gasteiger partial charge in [0.05, 0.1) is 17.6 Å². The van der Waals surface area contributed by atoms with Crippen LogP contribution in [0.1, 0.15) is 24.8 Å². The molecule has 1 saturated heterocycles. The van der Waals surface area contributed by atoms with Gasteiger partial charge in [0, 0.05) is 38.1 Å². The molecule has 0 radical (unpaired) electrons. The van der Waals surface area contributed by atoms with Crippen LogP contribution in [0, 0.1) is 11.6 Å². The first kappa shape index (κ1) is 30.3. The van der Waals surface area contributed by atoms with Crippen LogP contribution in [-0.4, -0.2) is 72.2 Å². The van der Waals surface area contributed by atoms with Crippen LogP contribution in [0.4, 0.5) is 33.0 Å². The predicted octanol–water partition coefficient (Wildman–Crippen LogP) is 6.05. The number of anilines is 1. The van der Waals surface area contributed by atoms with Crippen molar-refractivity contribution in [3.63, 3.8) is 0 Å². The molecule has 220 valence electrons. The molecule has 0 bridgehead atoms. The van der Waals surface area contributed by atoms with E-state index in [0.29, 0.717) is 35.7 Å². The smallest absolute Gasteiger partial charge is 0.412 e. The second-order valence-electron chi connectivity index (χ2n) is 9.95. The molecule has 0 aliphatic carbocycles. The second-order valence-corrected chi connectivity index (χ2v) is 10.3. The Kier molecular flexibility index (Phi) is 9.87. The number of hydrogen-bond acceptors (Lipinski definition) is 5. The van der Waals surface area contributed by atoms with Crippen molar-refractivity contribution in [2.24, 2.45) is 0 Å². The highest BCUT2D eigenvalue weighted by Crippen LogP contribution is 2.27. The summed E-state index contributed by atoms with van der Waals surface area (Å²) in [4.78, 5) is 32.6. The number of hydrogen-bond donors (Lipinski definition) is 2. The zero-order chi connectivity index (χ0) is 29.6. The molecule has 1 fully saturated rings. The minimum Gasteiger partial charge on any atom is -0.447 e. The Morgan fingerprint density at radius 1 is 1.20 bits per heavy atom. The van der Waals surface area contributed by atoms with Gasteiger partial charge in [-0.05, 0) is 60.7 Å². The molecule has 2 aromatic carbocycles. The number of halogens is 5. The Morgan fingerprint density at radius 3 is 2.76 bits per heavy atom. The quantitative estimate of drug-likeness (QED) is 0.279. The van der Waals surface area contributed by atoms with Gasteiger partial charge in [-0.15, -0.1) is 0 Å². The first-order valence-electron chi connectivity index (χ1n) is 13.0. The number of nitrogens with zero attached hydrogens (tertiary/aromatic N) is 3. The fraction of sp³-hybridized carbons (Fsp3) is 0.393. The van der Waals surface area contributed by atoms with Crippen molar-refractivity contribution >= 4 is 40.3 Å². The molecule has 2 N–H and O–H groups in total. The number of amides is 3. The molecule has 0 unspecified atom stereocenters. The lowest BCUT2D eigenvalue weighted by atomic mass is 10.1. The lowest BCUT2D eigenvalue weighted by Gasteiger charge is -2.29. The number of pyridine rings is 1. The standard InChI is InChI=1S/C28H30ClF4N5O3/c1-37(26(39)35-15-19-4-2-6-23(31)25(19)29)22(5-3-10-38-11-9-28(32,33)17-38)16-41-27(40)36-24-13-20-12-21(30)8-7-18(20)14-34-24/h2,4,6-8,12-14,22H,3,5,9-11,15-17H2,1H3,(H,35,39)(H,34,36,40)/t22-/m0/s1. The third-order valence-electron chi connectivity index (χ3n) is 6.91. The van der Waals surface area contributed by atoms with E-state index in [1.165, 1.54) is 48.5 Å². The Labute approximate surface area is 239 Å². The van der Waals surface area contributed by atoms with Crippen molar-refractivity contribution < 1.29 is 31.9 Å². The average molecular weight is 596 g/mol. The summed E-state index contributed by atoms with van der Waals surface area (Å²) >= 11 is 5.97. The molecule has 13 heteroatoms. The molecule has 41 heavy (non-hydrogen) atoms. The monoisotopic (exact) mass is 595 g/mol. The summed E-state index contributed by atoms with van der Waals surface area (Å²) in [6.07, 6.45) is 1.28. The van der Waals surface area contributed by atoms with Gasteiger partial charge in [0.15, 0.2) is 0 Å². The fourth-order valence-electron chi connectivity index (χ4n) is 4.58. The van der Waals surface area contributed by atoms with Gasteiger partial charge in [0.25, 0.3) is 5.92 Å². The number of ether oxygens (including phenoxy) is 1. The van der Waals surface area contributed by atoms with E-state index in [4.69, 9.17) is 16.3 Å². The summed E-state index contributed by atoms with van der Waals surface area (Å²) in [6, 6.07) is 8.82. The molecular formula is C28H30ClF4N5O3. The molecule has 8 nitrogen and oxygen atoms in total. The first-order valence-corrected chi connectivity index (χ1v) is 13.4. The molecule has 4 rings (SSSR count). The minimum absolute atomic E-state index is 0.0368. The molecule has 0 spiro atoms. The van der Waals surface area contributed by atoms with Crippen molar-refractivity contribution in [3.05, 3.63) is 70.9 Å². The summed E-state index contributed by atoms with van der Waals surface area (Å²) in [7, 11) is 1.51. The molecular weight excluding hydrogens is 566 g/mol. The van der Waals surface area contributed by atoms with E-state index in [2.05, 4.69) is 15.6 Å². The number of benzene rings is 2. The van der Waals surface area contributed by atoms with Crippen LogP contribution in [0.2, 0.25) is 5.02 Å². The number of fused-ring (bicyclic) bond motifs is 1. The Balaban J connectivity index is 1.36. The van der Waals surface area contributed by atoms with Gasteiger partial charge in [-0.1, -0.05) is 23.7 Å². The number of likely N-dealkylation sites (tertiary alicyclic amines) is 1. The summed E-state index contributed by atoms with van der Waals surface area (Å²) in [5, 5.41) is 6.29. The van der Waals surface area contributed by atoms with E-state index in [1.54, 1.807) is 17.0 Å². The highest BCUT2D eigenvalue weighted by molar-refractivity contribution is 6.31. The van der Waals surface area contributed by atoms with Crippen LogP contribution in [0.25, 0.3) is 10.8 Å². The molecule has 3 amide bonds. The minimum atomic E-state index is -2.71. The third-order valence-corrected chi connectivity index (χ3v) is 7.33. The summed E-state index contributed by atoms with van der Waals surface area (Å²) < 4.78 is 59.8. The number of carbonyl (C=O) groups excluding carboxylic acids is 2. The van der Waals surface area contributed by atoms with Crippen molar-refractivity contribution in [1.82, 2.24) is 20.1 Å². The summed E-state index contributed by atoms with van der Waals surface area (Å²) in [6.45, 7) is 0.123. The SMILES string of the molecule is CN(C(=O)NCc1cccc(F)c1Cl)[C@@H](CCCN1CCC(F)(F)C1)COC(=O)Nc1cc2cc(F)ccc2cn1. The van der Waals surface area contributed by atoms with E-state index >= 15 is 0 Å². The number of nitrogens with one attached hydrogen (secondary N) is 2. The number of carbonyl (C=O) groups is 2. The largest absolute Gasteiger partial charge is 0.447 e. The van der Waals surface area contributed by atoms with Gasteiger partial charge in [-0.3, -0.25) is 10.2 Å². The van der Waals surface area contributed by atoms with Gasteiger partial charge in [0.1, 0.15) is 24.1 Å². The van der Waals surface area contributed by atoms with Crippen LogP contribution in [0.5, 0.6) is 0 Å². The normalized spacial score (nSPS) is 15.5. The van der Waals surface area contributed by atoms with Crippen molar-refractivity contribution in [2.45, 2.75) is 37.8 Å². The third kappa shape index (κ3) is 8.43. The van der Waals surface area contributed by atoms with Crippen molar-refractivity contribution in [3.8, 4) is 0 Å². The molecule has 1 aromatic heterocycles. The zero-order valence-corrected chi connectivity index (χ0v) is 23.1. The van der Waals surface area contributed by atoms with Crippen LogP contribution >= 0.6 is 11.6 Å². The van der Waals surface area contributed by atoms with Crippen LogP contribution in [0.15, 0.2) is 48.7 Å². The average Bonchev–Trinajstić information content (AvgIpc) is 3.28. The summed E-state index contributed by atoms with van der Waals surface area (Å²) in [5.41, 5.74) is 0.387. The molecule has 1 aliphatic heterocycles. The first-order chi connectivity index (χ1) is 19.5. The molecule has 2 heterocycles. The maximum absolute atomic E-state index is 13.8. The molecule has 0 saturated carbocycles. The Hall–Kier alpha value is -3.64. The van der Waals surface area contributed by atoms with E-state index in [1.807, 2.05) is 0 Å². The van der Waals surface area contributed by atoms with Crippen LogP contribution in [-0.2, 0) is 11.3 Å². The van der Waals surface area contributed by atoms with Crippen molar-refractivity contribution in [1.29, 1.82) is 0 Å². The van der Waals surface area contributed by atoms with Gasteiger partial charge in [0.2, 0.25) is 0 Å². The Bertz CT molecular complexity index is 1400.